The van der Waals surface area contributed by atoms with Gasteiger partial charge in [0.25, 0.3) is 0 Å². The quantitative estimate of drug-likeness (QED) is 0.653. The molecule has 0 unspecified atom stereocenters. The molecular weight excluding hydrogens is 436 g/mol. The number of nitrogens with zero attached hydrogens (tertiary/aromatic N) is 4. The SMILES string of the molecule is COC(=O)c1ccc(CN(c2cccnc2)S(=O)(=O)N2C[C@@H](C)N(C(=O)O)[C@@H](C)C2)cc1. The Hall–Kier alpha value is -3.18. The first kappa shape index (κ1) is 23.5. The molecule has 1 saturated heterocycles. The average Bonchev–Trinajstić information content (AvgIpc) is 2.77. The van der Waals surface area contributed by atoms with E-state index in [0.717, 1.165) is 0 Å². The Morgan fingerprint density at radius 1 is 1.16 bits per heavy atom. The molecule has 0 spiro atoms. The molecule has 1 aliphatic heterocycles. The molecule has 0 radical (unpaired) electrons. The van der Waals surface area contributed by atoms with E-state index in [1.54, 1.807) is 56.4 Å². The Balaban J connectivity index is 1.92. The zero-order chi connectivity index (χ0) is 23.5. The van der Waals surface area contributed by atoms with Gasteiger partial charge in [0.2, 0.25) is 0 Å². The van der Waals surface area contributed by atoms with E-state index in [1.165, 1.54) is 26.8 Å². The molecule has 11 heteroatoms. The second kappa shape index (κ2) is 9.53. The Bertz CT molecular complexity index is 1050. The summed E-state index contributed by atoms with van der Waals surface area (Å²) >= 11 is 0. The van der Waals surface area contributed by atoms with E-state index in [-0.39, 0.29) is 19.6 Å². The lowest BCUT2D eigenvalue weighted by Crippen LogP contribution is -2.61. The number of carbonyl (C=O) groups excluding carboxylic acids is 1. The first-order valence-electron chi connectivity index (χ1n) is 10.0. The number of benzene rings is 1. The van der Waals surface area contributed by atoms with Crippen LogP contribution < -0.4 is 4.31 Å². The normalized spacial score (nSPS) is 19.4. The summed E-state index contributed by atoms with van der Waals surface area (Å²) in [6, 6.07) is 8.77. The Morgan fingerprint density at radius 3 is 2.28 bits per heavy atom. The number of esters is 1. The van der Waals surface area contributed by atoms with Crippen molar-refractivity contribution in [2.75, 3.05) is 24.5 Å². The van der Waals surface area contributed by atoms with Gasteiger partial charge in [-0.25, -0.2) is 9.59 Å². The number of hydrogen-bond donors (Lipinski definition) is 1. The number of rotatable bonds is 6. The summed E-state index contributed by atoms with van der Waals surface area (Å²) in [6.07, 6.45) is 1.94. The highest BCUT2D eigenvalue weighted by Crippen LogP contribution is 2.26. The first-order chi connectivity index (χ1) is 15.1. The van der Waals surface area contributed by atoms with Crippen molar-refractivity contribution in [3.63, 3.8) is 0 Å². The van der Waals surface area contributed by atoms with Gasteiger partial charge in [-0.1, -0.05) is 12.1 Å². The lowest BCUT2D eigenvalue weighted by atomic mass is 10.1. The summed E-state index contributed by atoms with van der Waals surface area (Å²) in [7, 11) is -2.72. The number of carboxylic acid groups (broad SMARTS) is 1. The van der Waals surface area contributed by atoms with Crippen molar-refractivity contribution in [3.05, 3.63) is 59.9 Å². The molecule has 1 fully saturated rings. The van der Waals surface area contributed by atoms with Gasteiger partial charge >= 0.3 is 22.3 Å². The second-order valence-corrected chi connectivity index (χ2v) is 9.47. The van der Waals surface area contributed by atoms with Crippen molar-refractivity contribution in [2.24, 2.45) is 0 Å². The standard InChI is InChI=1S/C21H26N4O6S/c1-15-12-23(13-16(2)25(15)21(27)28)32(29,30)24(19-5-4-10-22-11-19)14-17-6-8-18(9-7-17)20(26)31-3/h4-11,15-16H,12-14H2,1-3H3,(H,27,28)/t15-,16+. The minimum absolute atomic E-state index is 0.0113. The van der Waals surface area contributed by atoms with Crippen LogP contribution in [-0.4, -0.2) is 72.1 Å². The number of ether oxygens (including phenoxy) is 1. The summed E-state index contributed by atoms with van der Waals surface area (Å²) < 4.78 is 34.6. The first-order valence-corrected chi connectivity index (χ1v) is 11.4. The molecule has 2 aromatic rings. The monoisotopic (exact) mass is 462 g/mol. The molecule has 1 aromatic heterocycles. The number of anilines is 1. The second-order valence-electron chi connectivity index (χ2n) is 7.62. The lowest BCUT2D eigenvalue weighted by Gasteiger charge is -2.43. The molecule has 1 amide bonds. The maximum Gasteiger partial charge on any atom is 0.407 e. The van der Waals surface area contributed by atoms with E-state index in [1.807, 2.05) is 0 Å². The van der Waals surface area contributed by atoms with Crippen LogP contribution in [0.4, 0.5) is 10.5 Å². The molecule has 1 N–H and O–H groups in total. The molecule has 1 aromatic carbocycles. The van der Waals surface area contributed by atoms with E-state index in [2.05, 4.69) is 4.98 Å². The third kappa shape index (κ3) is 4.83. The van der Waals surface area contributed by atoms with E-state index >= 15 is 0 Å². The Morgan fingerprint density at radius 2 is 1.78 bits per heavy atom. The Labute approximate surface area is 187 Å². The highest BCUT2D eigenvalue weighted by atomic mass is 32.2. The van der Waals surface area contributed by atoms with Crippen LogP contribution in [0.15, 0.2) is 48.8 Å². The van der Waals surface area contributed by atoms with E-state index in [9.17, 15) is 23.1 Å². The molecule has 32 heavy (non-hydrogen) atoms. The zero-order valence-electron chi connectivity index (χ0n) is 18.1. The third-order valence-corrected chi connectivity index (χ3v) is 7.19. The van der Waals surface area contributed by atoms with E-state index < -0.39 is 34.4 Å². The zero-order valence-corrected chi connectivity index (χ0v) is 18.9. The van der Waals surface area contributed by atoms with Crippen LogP contribution in [0, 0.1) is 0 Å². The van der Waals surface area contributed by atoms with Crippen molar-refractivity contribution in [1.29, 1.82) is 0 Å². The predicted octanol–water partition coefficient (Wildman–Crippen LogP) is 2.19. The van der Waals surface area contributed by atoms with Gasteiger partial charge < -0.3 is 14.7 Å². The van der Waals surface area contributed by atoms with Crippen molar-refractivity contribution < 1.29 is 27.9 Å². The van der Waals surface area contributed by atoms with Gasteiger partial charge in [-0.15, -0.1) is 0 Å². The number of carbonyl (C=O) groups is 2. The number of methoxy groups -OCH3 is 1. The van der Waals surface area contributed by atoms with Crippen LogP contribution in [0.5, 0.6) is 0 Å². The number of hydrogen-bond acceptors (Lipinski definition) is 6. The topological polar surface area (TPSA) is 120 Å². The molecule has 0 aliphatic carbocycles. The van der Waals surface area contributed by atoms with Gasteiger partial charge in [-0.2, -0.15) is 12.7 Å². The fraction of sp³-hybridized carbons (Fsp3) is 0.381. The molecule has 172 valence electrons. The molecule has 2 heterocycles. The van der Waals surface area contributed by atoms with E-state index in [0.29, 0.717) is 16.8 Å². The predicted molar refractivity (Wildman–Crippen MR) is 117 cm³/mol. The highest BCUT2D eigenvalue weighted by molar-refractivity contribution is 7.90. The number of pyridine rings is 1. The third-order valence-electron chi connectivity index (χ3n) is 5.35. The van der Waals surface area contributed by atoms with Gasteiger partial charge in [-0.3, -0.25) is 9.29 Å². The molecule has 0 saturated carbocycles. The fourth-order valence-corrected chi connectivity index (χ4v) is 5.59. The lowest BCUT2D eigenvalue weighted by molar-refractivity contribution is 0.0600. The minimum atomic E-state index is -4.01. The van der Waals surface area contributed by atoms with E-state index in [4.69, 9.17) is 4.74 Å². The molecule has 0 bridgehead atoms. The minimum Gasteiger partial charge on any atom is -0.465 e. The van der Waals surface area contributed by atoms with Crippen LogP contribution in [0.2, 0.25) is 0 Å². The van der Waals surface area contributed by atoms with Crippen molar-refractivity contribution in [3.8, 4) is 0 Å². The number of piperazine rings is 1. The summed E-state index contributed by atoms with van der Waals surface area (Å²) in [5.74, 6) is -0.479. The Kier molecular flexibility index (Phi) is 6.99. The maximum atomic E-state index is 13.7. The van der Waals surface area contributed by atoms with Gasteiger partial charge in [0, 0.05) is 31.4 Å². The molecule has 10 nitrogen and oxygen atoms in total. The van der Waals surface area contributed by atoms with Gasteiger partial charge in [0.1, 0.15) is 0 Å². The van der Waals surface area contributed by atoms with Crippen molar-refractivity contribution >= 4 is 28.0 Å². The average molecular weight is 463 g/mol. The summed E-state index contributed by atoms with van der Waals surface area (Å²) in [4.78, 5) is 28.5. The van der Waals surface area contributed by atoms with Crippen LogP contribution in [-0.2, 0) is 21.5 Å². The van der Waals surface area contributed by atoms with Crippen LogP contribution in [0.3, 0.4) is 0 Å². The van der Waals surface area contributed by atoms with Crippen LogP contribution >= 0.6 is 0 Å². The van der Waals surface area contributed by atoms with Crippen LogP contribution in [0.25, 0.3) is 0 Å². The van der Waals surface area contributed by atoms with Crippen LogP contribution in [0.1, 0.15) is 29.8 Å². The molecular formula is C21H26N4O6S. The maximum absolute atomic E-state index is 13.7. The highest BCUT2D eigenvalue weighted by Gasteiger charge is 2.40. The molecule has 3 rings (SSSR count). The summed E-state index contributed by atoms with van der Waals surface area (Å²) in [5.41, 5.74) is 1.40. The van der Waals surface area contributed by atoms with Gasteiger partial charge in [0.05, 0.1) is 31.1 Å². The van der Waals surface area contributed by atoms with Crippen molar-refractivity contribution in [2.45, 2.75) is 32.5 Å². The number of aromatic nitrogens is 1. The fourth-order valence-electron chi connectivity index (χ4n) is 3.82. The van der Waals surface area contributed by atoms with Crippen molar-refractivity contribution in [1.82, 2.24) is 14.2 Å². The summed E-state index contributed by atoms with van der Waals surface area (Å²) in [5, 5.41) is 9.44. The number of amides is 1. The smallest absolute Gasteiger partial charge is 0.407 e. The molecule has 1 aliphatic rings. The van der Waals surface area contributed by atoms with Gasteiger partial charge in [-0.05, 0) is 43.7 Å². The largest absolute Gasteiger partial charge is 0.465 e. The summed E-state index contributed by atoms with van der Waals surface area (Å²) in [6.45, 7) is 3.46. The molecule has 2 atom stereocenters. The van der Waals surface area contributed by atoms with Gasteiger partial charge in [0.15, 0.2) is 0 Å².